The molecular weight excluding hydrogens is 300 g/mol. The Kier molecular flexibility index (Phi) is 5.39. The Morgan fingerprint density at radius 2 is 1.50 bits per heavy atom. The molecule has 0 saturated heterocycles. The minimum Gasteiger partial charge on any atom is -0.370 e. The van der Waals surface area contributed by atoms with Gasteiger partial charge in [0.2, 0.25) is 5.91 Å². The average Bonchev–Trinajstić information content (AvgIpc) is 2.59. The summed E-state index contributed by atoms with van der Waals surface area (Å²) in [5.74, 6) is -0.539. The molecule has 4 nitrogen and oxygen atoms in total. The van der Waals surface area contributed by atoms with Crippen LogP contribution < -0.4 is 5.73 Å². The summed E-state index contributed by atoms with van der Waals surface area (Å²) in [6, 6.07) is 18.6. The highest BCUT2D eigenvalue weighted by atomic mass is 16.2. The first-order valence-corrected chi connectivity index (χ1v) is 8.00. The number of carbonyl (C=O) groups is 2. The van der Waals surface area contributed by atoms with Crippen LogP contribution in [0.3, 0.4) is 0 Å². The summed E-state index contributed by atoms with van der Waals surface area (Å²) < 4.78 is 0. The number of hydrogen-bond donors (Lipinski definition) is 1. The summed E-state index contributed by atoms with van der Waals surface area (Å²) in [5.41, 5.74) is 6.70. The average molecular weight is 324 g/mol. The van der Waals surface area contributed by atoms with Crippen molar-refractivity contribution in [3.05, 3.63) is 71.8 Å². The quantitative estimate of drug-likeness (QED) is 0.888. The number of rotatable bonds is 6. The maximum Gasteiger partial charge on any atom is 0.253 e. The smallest absolute Gasteiger partial charge is 0.253 e. The van der Waals surface area contributed by atoms with E-state index in [-0.39, 0.29) is 18.4 Å². The zero-order valence-electron chi connectivity index (χ0n) is 14.4. The van der Waals surface area contributed by atoms with E-state index in [1.807, 2.05) is 62.4 Å². The van der Waals surface area contributed by atoms with Gasteiger partial charge in [0.1, 0.15) is 0 Å². The van der Waals surface area contributed by atoms with Gasteiger partial charge < -0.3 is 10.6 Å². The van der Waals surface area contributed by atoms with Gasteiger partial charge in [-0.2, -0.15) is 0 Å². The highest BCUT2D eigenvalue weighted by Gasteiger charge is 2.37. The molecule has 0 spiro atoms. The molecule has 2 aromatic rings. The number of primary amides is 1. The third-order valence-electron chi connectivity index (χ3n) is 4.55. The Morgan fingerprint density at radius 1 is 1.00 bits per heavy atom. The molecule has 2 N–H and O–H groups in total. The van der Waals surface area contributed by atoms with Gasteiger partial charge in [-0.25, -0.2) is 0 Å². The lowest BCUT2D eigenvalue weighted by molar-refractivity contribution is -0.119. The van der Waals surface area contributed by atoms with Crippen LogP contribution in [0.5, 0.6) is 0 Å². The first-order chi connectivity index (χ1) is 11.3. The molecule has 0 fully saturated rings. The molecule has 0 bridgehead atoms. The number of carbonyl (C=O) groups excluding carboxylic acids is 2. The van der Waals surface area contributed by atoms with Gasteiger partial charge in [-0.05, 0) is 17.7 Å². The molecule has 0 heterocycles. The highest BCUT2D eigenvalue weighted by molar-refractivity contribution is 5.94. The predicted octanol–water partition coefficient (Wildman–Crippen LogP) is 2.98. The Labute approximate surface area is 143 Å². The normalized spacial score (nSPS) is 12.5. The van der Waals surface area contributed by atoms with Crippen molar-refractivity contribution in [3.8, 4) is 0 Å². The fourth-order valence-electron chi connectivity index (χ4n) is 3.05. The van der Waals surface area contributed by atoms with Crippen molar-refractivity contribution in [2.75, 3.05) is 7.05 Å². The number of benzene rings is 2. The van der Waals surface area contributed by atoms with Gasteiger partial charge in [0.15, 0.2) is 0 Å². The summed E-state index contributed by atoms with van der Waals surface area (Å²) in [5, 5.41) is 0. The van der Waals surface area contributed by atoms with Crippen LogP contribution in [0.1, 0.15) is 36.2 Å². The SMILES string of the molecule is CN(C(=O)c1ccccc1)[C@H](CC(N)=O)C(C)(C)c1ccccc1. The van der Waals surface area contributed by atoms with Gasteiger partial charge in [-0.3, -0.25) is 9.59 Å². The lowest BCUT2D eigenvalue weighted by atomic mass is 9.75. The van der Waals surface area contributed by atoms with E-state index in [1.165, 1.54) is 0 Å². The van der Waals surface area contributed by atoms with E-state index < -0.39 is 11.3 Å². The summed E-state index contributed by atoms with van der Waals surface area (Å²) in [4.78, 5) is 26.1. The van der Waals surface area contributed by atoms with Gasteiger partial charge in [0.05, 0.1) is 0 Å². The molecule has 0 unspecified atom stereocenters. The lowest BCUT2D eigenvalue weighted by Gasteiger charge is -2.40. The van der Waals surface area contributed by atoms with E-state index >= 15 is 0 Å². The summed E-state index contributed by atoms with van der Waals surface area (Å²) in [7, 11) is 1.73. The molecule has 0 aliphatic heterocycles. The van der Waals surface area contributed by atoms with E-state index in [9.17, 15) is 9.59 Å². The predicted molar refractivity (Wildman–Crippen MR) is 95.6 cm³/mol. The number of likely N-dealkylation sites (N-methyl/N-ethyl adjacent to an activating group) is 1. The molecule has 2 rings (SSSR count). The van der Waals surface area contributed by atoms with Crippen LogP contribution in [-0.4, -0.2) is 29.8 Å². The van der Waals surface area contributed by atoms with Crippen molar-refractivity contribution in [3.63, 3.8) is 0 Å². The van der Waals surface area contributed by atoms with Gasteiger partial charge in [-0.1, -0.05) is 62.4 Å². The lowest BCUT2D eigenvalue weighted by Crippen LogP contribution is -2.50. The van der Waals surface area contributed by atoms with Crippen LogP contribution in [-0.2, 0) is 10.2 Å². The largest absolute Gasteiger partial charge is 0.370 e. The molecule has 126 valence electrons. The van der Waals surface area contributed by atoms with E-state index in [0.29, 0.717) is 5.56 Å². The molecule has 0 saturated carbocycles. The highest BCUT2D eigenvalue weighted by Crippen LogP contribution is 2.32. The number of nitrogens with zero attached hydrogens (tertiary/aromatic N) is 1. The summed E-state index contributed by atoms with van der Waals surface area (Å²) >= 11 is 0. The number of amides is 2. The molecule has 0 aromatic heterocycles. The zero-order valence-corrected chi connectivity index (χ0v) is 14.4. The first kappa shape index (κ1) is 17.7. The minimum absolute atomic E-state index is 0.108. The number of hydrogen-bond acceptors (Lipinski definition) is 2. The second-order valence-electron chi connectivity index (χ2n) is 6.56. The third-order valence-corrected chi connectivity index (χ3v) is 4.55. The van der Waals surface area contributed by atoms with Crippen molar-refractivity contribution in [1.82, 2.24) is 4.90 Å². The molecule has 2 amide bonds. The van der Waals surface area contributed by atoms with E-state index in [4.69, 9.17) is 5.73 Å². The van der Waals surface area contributed by atoms with Crippen LogP contribution in [0.2, 0.25) is 0 Å². The van der Waals surface area contributed by atoms with Crippen molar-refractivity contribution in [2.45, 2.75) is 31.7 Å². The standard InChI is InChI=1S/C20H24N2O2/c1-20(2,16-12-8-5-9-13-16)17(14-18(21)23)22(3)19(24)15-10-6-4-7-11-15/h4-13,17H,14H2,1-3H3,(H2,21,23)/t17-/m1/s1. The number of nitrogens with two attached hydrogens (primary N) is 1. The van der Waals surface area contributed by atoms with Gasteiger partial charge >= 0.3 is 0 Å². The monoisotopic (exact) mass is 324 g/mol. The molecule has 4 heteroatoms. The third kappa shape index (κ3) is 3.82. The zero-order chi connectivity index (χ0) is 17.7. The molecule has 24 heavy (non-hydrogen) atoms. The van der Waals surface area contributed by atoms with Crippen LogP contribution in [0.4, 0.5) is 0 Å². The van der Waals surface area contributed by atoms with Gasteiger partial charge in [0.25, 0.3) is 5.91 Å². The van der Waals surface area contributed by atoms with Gasteiger partial charge in [0, 0.05) is 30.5 Å². The first-order valence-electron chi connectivity index (χ1n) is 8.00. The van der Waals surface area contributed by atoms with Crippen LogP contribution in [0.15, 0.2) is 60.7 Å². The maximum atomic E-state index is 12.8. The molecule has 0 aliphatic carbocycles. The second-order valence-corrected chi connectivity index (χ2v) is 6.56. The van der Waals surface area contributed by atoms with Crippen molar-refractivity contribution in [2.24, 2.45) is 5.73 Å². The van der Waals surface area contributed by atoms with Crippen molar-refractivity contribution >= 4 is 11.8 Å². The summed E-state index contributed by atoms with van der Waals surface area (Å²) in [6.07, 6.45) is 0.108. The van der Waals surface area contributed by atoms with Gasteiger partial charge in [-0.15, -0.1) is 0 Å². The summed E-state index contributed by atoms with van der Waals surface area (Å²) in [6.45, 7) is 4.06. The van der Waals surface area contributed by atoms with Crippen molar-refractivity contribution < 1.29 is 9.59 Å². The topological polar surface area (TPSA) is 63.4 Å². The van der Waals surface area contributed by atoms with Crippen LogP contribution in [0.25, 0.3) is 0 Å². The molecular formula is C20H24N2O2. The van der Waals surface area contributed by atoms with E-state index in [0.717, 1.165) is 5.56 Å². The Hall–Kier alpha value is -2.62. The van der Waals surface area contributed by atoms with Crippen LogP contribution in [0, 0.1) is 0 Å². The fraction of sp³-hybridized carbons (Fsp3) is 0.300. The fourth-order valence-corrected chi connectivity index (χ4v) is 3.05. The molecule has 1 atom stereocenters. The van der Waals surface area contributed by atoms with Crippen molar-refractivity contribution in [1.29, 1.82) is 0 Å². The Bertz CT molecular complexity index is 696. The van der Waals surface area contributed by atoms with E-state index in [2.05, 4.69) is 0 Å². The van der Waals surface area contributed by atoms with Crippen LogP contribution >= 0.6 is 0 Å². The molecule has 0 aliphatic rings. The Balaban J connectivity index is 2.37. The molecule has 0 radical (unpaired) electrons. The maximum absolute atomic E-state index is 12.8. The Morgan fingerprint density at radius 3 is 2.00 bits per heavy atom. The molecule has 2 aromatic carbocycles. The minimum atomic E-state index is -0.421. The second kappa shape index (κ2) is 7.30. The van der Waals surface area contributed by atoms with E-state index in [1.54, 1.807) is 24.1 Å².